The maximum absolute atomic E-state index is 5.04. The van der Waals surface area contributed by atoms with Crippen LogP contribution in [0.15, 0.2) is 12.1 Å². The number of hydrogen-bond donors (Lipinski definition) is 1. The van der Waals surface area contributed by atoms with Gasteiger partial charge in [-0.25, -0.2) is 9.97 Å². The first-order valence-electron chi connectivity index (χ1n) is 6.14. The highest BCUT2D eigenvalue weighted by Gasteiger charge is 2.09. The number of methoxy groups -OCH3 is 1. The van der Waals surface area contributed by atoms with Crippen molar-refractivity contribution in [1.82, 2.24) is 20.2 Å². The van der Waals surface area contributed by atoms with Crippen molar-refractivity contribution in [3.8, 4) is 0 Å². The van der Waals surface area contributed by atoms with Gasteiger partial charge in [0.15, 0.2) is 0 Å². The second-order valence-electron chi connectivity index (χ2n) is 4.62. The fourth-order valence-electron chi connectivity index (χ4n) is 1.92. The molecular weight excluding hydrogens is 242 g/mol. The Hall–Kier alpha value is -1.95. The molecule has 0 unspecified atom stereocenters. The van der Waals surface area contributed by atoms with Crippen LogP contribution < -0.4 is 4.90 Å². The van der Waals surface area contributed by atoms with E-state index in [0.29, 0.717) is 13.2 Å². The van der Waals surface area contributed by atoms with Gasteiger partial charge in [0.2, 0.25) is 5.95 Å². The first-order chi connectivity index (χ1) is 9.08. The number of hydrogen-bond acceptors (Lipinski definition) is 5. The molecule has 2 heterocycles. The third-order valence-electron chi connectivity index (χ3n) is 2.70. The highest BCUT2D eigenvalue weighted by atomic mass is 16.5. The summed E-state index contributed by atoms with van der Waals surface area (Å²) < 4.78 is 5.04. The Bertz CT molecular complexity index is 531. The van der Waals surface area contributed by atoms with Gasteiger partial charge in [0.25, 0.3) is 0 Å². The van der Waals surface area contributed by atoms with Crippen LogP contribution in [0.2, 0.25) is 0 Å². The van der Waals surface area contributed by atoms with Crippen molar-refractivity contribution in [2.45, 2.75) is 27.0 Å². The molecule has 0 radical (unpaired) electrons. The van der Waals surface area contributed by atoms with E-state index in [1.807, 2.05) is 37.9 Å². The lowest BCUT2D eigenvalue weighted by Crippen LogP contribution is -2.20. The number of H-pyrrole nitrogens is 1. The molecule has 1 N–H and O–H groups in total. The third kappa shape index (κ3) is 3.51. The van der Waals surface area contributed by atoms with E-state index in [-0.39, 0.29) is 0 Å². The number of ether oxygens (including phenoxy) is 1. The molecule has 0 bridgehead atoms. The zero-order valence-corrected chi connectivity index (χ0v) is 11.8. The highest BCUT2D eigenvalue weighted by molar-refractivity contribution is 5.32. The molecule has 19 heavy (non-hydrogen) atoms. The summed E-state index contributed by atoms with van der Waals surface area (Å²) in [4.78, 5) is 10.8. The van der Waals surface area contributed by atoms with Gasteiger partial charge in [0.1, 0.15) is 0 Å². The van der Waals surface area contributed by atoms with E-state index in [2.05, 4.69) is 20.2 Å². The Balaban J connectivity index is 2.08. The lowest BCUT2D eigenvalue weighted by atomic mass is 10.3. The molecule has 0 aliphatic carbocycles. The molecule has 2 aromatic rings. The molecule has 0 saturated heterocycles. The molecule has 0 spiro atoms. The zero-order valence-electron chi connectivity index (χ0n) is 11.8. The van der Waals surface area contributed by atoms with Gasteiger partial charge in [-0.1, -0.05) is 0 Å². The minimum atomic E-state index is 0.514. The summed E-state index contributed by atoms with van der Waals surface area (Å²) in [5.41, 5.74) is 3.85. The number of anilines is 1. The van der Waals surface area contributed by atoms with E-state index < -0.39 is 0 Å². The van der Waals surface area contributed by atoms with Gasteiger partial charge in [-0.3, -0.25) is 5.10 Å². The summed E-state index contributed by atoms with van der Waals surface area (Å²) >= 11 is 0. The summed E-state index contributed by atoms with van der Waals surface area (Å²) in [7, 11) is 3.62. The molecule has 0 atom stereocenters. The van der Waals surface area contributed by atoms with Gasteiger partial charge >= 0.3 is 0 Å². The van der Waals surface area contributed by atoms with Crippen LogP contribution in [0.5, 0.6) is 0 Å². The largest absolute Gasteiger partial charge is 0.378 e. The van der Waals surface area contributed by atoms with E-state index in [4.69, 9.17) is 4.74 Å². The normalized spacial score (nSPS) is 10.7. The summed E-state index contributed by atoms with van der Waals surface area (Å²) in [6.07, 6.45) is 0. The lowest BCUT2D eigenvalue weighted by Gasteiger charge is -2.16. The number of nitrogens with one attached hydrogen (secondary N) is 1. The van der Waals surface area contributed by atoms with E-state index in [1.165, 1.54) is 0 Å². The number of aryl methyl sites for hydroxylation is 2. The minimum Gasteiger partial charge on any atom is -0.378 e. The topological polar surface area (TPSA) is 66.9 Å². The smallest absolute Gasteiger partial charge is 0.225 e. The third-order valence-corrected chi connectivity index (χ3v) is 2.70. The second kappa shape index (κ2) is 5.79. The number of aromatic nitrogens is 4. The van der Waals surface area contributed by atoms with Gasteiger partial charge in [-0.05, 0) is 26.0 Å². The maximum atomic E-state index is 5.04. The van der Waals surface area contributed by atoms with Crippen molar-refractivity contribution in [1.29, 1.82) is 0 Å². The molecule has 102 valence electrons. The van der Waals surface area contributed by atoms with Gasteiger partial charge in [-0.2, -0.15) is 5.10 Å². The standard InChI is InChI=1S/C13H19N5O/c1-9-5-10(2)15-13(14-9)18(3)7-11-6-12(8-19-4)17-16-11/h5-6H,7-8H2,1-4H3,(H,16,17). The lowest BCUT2D eigenvalue weighted by molar-refractivity contribution is 0.181. The number of rotatable bonds is 5. The average Bonchev–Trinajstić information content (AvgIpc) is 2.76. The van der Waals surface area contributed by atoms with E-state index >= 15 is 0 Å². The monoisotopic (exact) mass is 261 g/mol. The fraction of sp³-hybridized carbons (Fsp3) is 0.462. The Morgan fingerprint density at radius 2 is 1.89 bits per heavy atom. The van der Waals surface area contributed by atoms with Crippen molar-refractivity contribution in [3.63, 3.8) is 0 Å². The molecule has 0 amide bonds. The molecule has 0 aromatic carbocycles. The summed E-state index contributed by atoms with van der Waals surface area (Å²) in [6, 6.07) is 3.95. The van der Waals surface area contributed by atoms with Crippen molar-refractivity contribution in [2.75, 3.05) is 19.1 Å². The maximum Gasteiger partial charge on any atom is 0.225 e. The van der Waals surface area contributed by atoms with Crippen molar-refractivity contribution in [3.05, 3.63) is 34.9 Å². The van der Waals surface area contributed by atoms with Crippen LogP contribution in [0.4, 0.5) is 5.95 Å². The van der Waals surface area contributed by atoms with Crippen LogP contribution in [-0.2, 0) is 17.9 Å². The van der Waals surface area contributed by atoms with Crippen molar-refractivity contribution < 1.29 is 4.74 Å². The predicted octanol–water partition coefficient (Wildman–Crippen LogP) is 1.60. The molecule has 0 aliphatic rings. The van der Waals surface area contributed by atoms with Crippen LogP contribution >= 0.6 is 0 Å². The molecule has 0 aliphatic heterocycles. The SMILES string of the molecule is COCc1cc(CN(C)c2nc(C)cc(C)n2)[nH]n1. The predicted molar refractivity (Wildman–Crippen MR) is 72.9 cm³/mol. The summed E-state index contributed by atoms with van der Waals surface area (Å²) in [5.74, 6) is 0.723. The van der Waals surface area contributed by atoms with Gasteiger partial charge < -0.3 is 9.64 Å². The Morgan fingerprint density at radius 1 is 1.21 bits per heavy atom. The quantitative estimate of drug-likeness (QED) is 0.885. The minimum absolute atomic E-state index is 0.514. The van der Waals surface area contributed by atoms with Crippen molar-refractivity contribution in [2.24, 2.45) is 0 Å². The molecule has 2 rings (SSSR count). The summed E-state index contributed by atoms with van der Waals surface area (Å²) in [5, 5.41) is 7.16. The van der Waals surface area contributed by atoms with Crippen LogP contribution in [0.3, 0.4) is 0 Å². The second-order valence-corrected chi connectivity index (χ2v) is 4.62. The average molecular weight is 261 g/mol. The first kappa shape index (κ1) is 13.5. The van der Waals surface area contributed by atoms with E-state index in [1.54, 1.807) is 7.11 Å². The fourth-order valence-corrected chi connectivity index (χ4v) is 1.92. The van der Waals surface area contributed by atoms with Crippen LogP contribution in [0, 0.1) is 13.8 Å². The Kier molecular flexibility index (Phi) is 4.11. The molecule has 0 fully saturated rings. The highest BCUT2D eigenvalue weighted by Crippen LogP contribution is 2.11. The van der Waals surface area contributed by atoms with Gasteiger partial charge in [-0.15, -0.1) is 0 Å². The molecule has 6 heteroatoms. The Morgan fingerprint density at radius 3 is 2.53 bits per heavy atom. The Labute approximate surface area is 112 Å². The van der Waals surface area contributed by atoms with Crippen LogP contribution in [0.1, 0.15) is 22.8 Å². The van der Waals surface area contributed by atoms with Gasteiger partial charge in [0, 0.05) is 25.5 Å². The molecular formula is C13H19N5O. The van der Waals surface area contributed by atoms with Crippen LogP contribution in [-0.4, -0.2) is 34.3 Å². The number of nitrogens with zero attached hydrogens (tertiary/aromatic N) is 4. The van der Waals surface area contributed by atoms with Gasteiger partial charge in [0.05, 0.1) is 24.5 Å². The van der Waals surface area contributed by atoms with E-state index in [9.17, 15) is 0 Å². The number of aromatic amines is 1. The molecule has 2 aromatic heterocycles. The first-order valence-corrected chi connectivity index (χ1v) is 6.14. The molecule has 0 saturated carbocycles. The van der Waals surface area contributed by atoms with Crippen molar-refractivity contribution >= 4 is 5.95 Å². The zero-order chi connectivity index (χ0) is 13.8. The molecule has 6 nitrogen and oxygen atoms in total. The summed E-state index contributed by atoms with van der Waals surface area (Å²) in [6.45, 7) is 5.14. The van der Waals surface area contributed by atoms with Crippen LogP contribution in [0.25, 0.3) is 0 Å². The van der Waals surface area contributed by atoms with E-state index in [0.717, 1.165) is 28.7 Å².